The lowest BCUT2D eigenvalue weighted by Gasteiger charge is -2.20. The summed E-state index contributed by atoms with van der Waals surface area (Å²) in [4.78, 5) is 6.63. The molecule has 1 atom stereocenters. The van der Waals surface area contributed by atoms with E-state index in [1.807, 2.05) is 24.7 Å². The number of aromatic nitrogens is 2. The second-order valence-corrected chi connectivity index (χ2v) is 4.66. The molecule has 1 aromatic heterocycles. The molecule has 5 heteroatoms. The maximum atomic E-state index is 9.50. The first-order chi connectivity index (χ1) is 8.54. The van der Waals surface area contributed by atoms with Gasteiger partial charge in [-0.25, -0.2) is 4.98 Å². The van der Waals surface area contributed by atoms with Gasteiger partial charge in [-0.05, 0) is 33.2 Å². The molecule has 2 aromatic rings. The summed E-state index contributed by atoms with van der Waals surface area (Å²) in [7, 11) is 3.98. The average Bonchev–Trinajstić information content (AvgIpc) is 2.66. The number of nitrogens with zero attached hydrogens (tertiary/aromatic N) is 3. The fourth-order valence-electron chi connectivity index (χ4n) is 2.02. The van der Waals surface area contributed by atoms with E-state index >= 15 is 0 Å². The Balaban J connectivity index is 2.60. The van der Waals surface area contributed by atoms with E-state index in [4.69, 9.17) is 0 Å². The first-order valence-electron chi connectivity index (χ1n) is 6.01. The lowest BCUT2D eigenvalue weighted by atomic mass is 10.3. The molecule has 0 radical (unpaired) electrons. The molecule has 5 nitrogen and oxygen atoms in total. The number of aliphatic hydroxyl groups excluding tert-OH is 1. The van der Waals surface area contributed by atoms with E-state index in [-0.39, 0.29) is 18.4 Å². The van der Waals surface area contributed by atoms with Crippen LogP contribution in [0.5, 0.6) is 5.75 Å². The van der Waals surface area contributed by atoms with Crippen LogP contribution in [-0.4, -0.2) is 45.4 Å². The van der Waals surface area contributed by atoms with Crippen molar-refractivity contribution >= 4 is 11.0 Å². The number of fused-ring (bicyclic) bond motifs is 1. The normalized spacial score (nSPS) is 13.4. The van der Waals surface area contributed by atoms with Crippen molar-refractivity contribution in [2.24, 2.45) is 0 Å². The van der Waals surface area contributed by atoms with Crippen LogP contribution in [0.1, 0.15) is 18.8 Å². The minimum absolute atomic E-state index is 0.0689. The number of aromatic hydroxyl groups is 1. The largest absolute Gasteiger partial charge is 0.508 e. The number of rotatable bonds is 4. The number of aliphatic hydroxyl groups is 1. The van der Waals surface area contributed by atoms with E-state index in [9.17, 15) is 10.2 Å². The SMILES string of the molecule is CC(c1nc2cc(O)ccc2n1CCO)N(C)C. The van der Waals surface area contributed by atoms with Crippen molar-refractivity contribution in [2.45, 2.75) is 19.5 Å². The molecule has 0 spiro atoms. The maximum Gasteiger partial charge on any atom is 0.127 e. The first-order valence-corrected chi connectivity index (χ1v) is 6.01. The highest BCUT2D eigenvalue weighted by atomic mass is 16.3. The second-order valence-electron chi connectivity index (χ2n) is 4.66. The summed E-state index contributed by atoms with van der Waals surface area (Å²) in [6, 6.07) is 5.27. The Labute approximate surface area is 106 Å². The van der Waals surface area contributed by atoms with Crippen LogP contribution in [0.25, 0.3) is 11.0 Å². The van der Waals surface area contributed by atoms with Gasteiger partial charge in [0.25, 0.3) is 0 Å². The van der Waals surface area contributed by atoms with Gasteiger partial charge in [0, 0.05) is 12.6 Å². The molecule has 2 rings (SSSR count). The zero-order valence-corrected chi connectivity index (χ0v) is 11.0. The van der Waals surface area contributed by atoms with E-state index in [2.05, 4.69) is 16.8 Å². The van der Waals surface area contributed by atoms with Gasteiger partial charge in [0.05, 0.1) is 23.7 Å². The van der Waals surface area contributed by atoms with Crippen LogP contribution in [0.2, 0.25) is 0 Å². The number of imidazole rings is 1. The standard InChI is InChI=1S/C13H19N3O2/c1-9(15(2)3)13-14-11-8-10(18)4-5-12(11)16(13)6-7-17/h4-5,8-9,17-18H,6-7H2,1-3H3. The van der Waals surface area contributed by atoms with Gasteiger partial charge in [0.2, 0.25) is 0 Å². The van der Waals surface area contributed by atoms with Crippen LogP contribution in [0.4, 0.5) is 0 Å². The third-order valence-electron chi connectivity index (χ3n) is 3.23. The molecule has 0 amide bonds. The number of hydrogen-bond acceptors (Lipinski definition) is 4. The van der Waals surface area contributed by atoms with Crippen LogP contribution >= 0.6 is 0 Å². The molecule has 98 valence electrons. The smallest absolute Gasteiger partial charge is 0.127 e. The number of phenols is 1. The molecular weight excluding hydrogens is 230 g/mol. The predicted molar refractivity (Wildman–Crippen MR) is 70.6 cm³/mol. The number of phenolic OH excluding ortho intramolecular Hbond substituents is 1. The van der Waals surface area contributed by atoms with E-state index in [0.29, 0.717) is 6.54 Å². The van der Waals surface area contributed by atoms with E-state index < -0.39 is 0 Å². The summed E-state index contributed by atoms with van der Waals surface area (Å²) < 4.78 is 2.00. The van der Waals surface area contributed by atoms with Crippen LogP contribution in [-0.2, 0) is 6.54 Å². The predicted octanol–water partition coefficient (Wildman–Crippen LogP) is 1.36. The Morgan fingerprint density at radius 3 is 2.72 bits per heavy atom. The van der Waals surface area contributed by atoms with Crippen LogP contribution in [0, 0.1) is 0 Å². The minimum Gasteiger partial charge on any atom is -0.508 e. The molecule has 0 aliphatic carbocycles. The molecule has 1 unspecified atom stereocenters. The molecular formula is C13H19N3O2. The average molecular weight is 249 g/mol. The van der Waals surface area contributed by atoms with Gasteiger partial charge in [-0.1, -0.05) is 0 Å². The first kappa shape index (κ1) is 12.9. The van der Waals surface area contributed by atoms with Crippen LogP contribution in [0.3, 0.4) is 0 Å². The molecule has 0 bridgehead atoms. The van der Waals surface area contributed by atoms with Gasteiger partial charge in [0.15, 0.2) is 0 Å². The third-order valence-corrected chi connectivity index (χ3v) is 3.23. The zero-order chi connectivity index (χ0) is 13.3. The molecule has 0 saturated heterocycles. The van der Waals surface area contributed by atoms with E-state index in [1.54, 1.807) is 12.1 Å². The molecule has 0 saturated carbocycles. The van der Waals surface area contributed by atoms with E-state index in [0.717, 1.165) is 16.9 Å². The maximum absolute atomic E-state index is 9.50. The highest BCUT2D eigenvalue weighted by molar-refractivity contribution is 5.77. The quantitative estimate of drug-likeness (QED) is 0.859. The number of benzene rings is 1. The van der Waals surface area contributed by atoms with Crippen molar-refractivity contribution in [3.8, 4) is 5.75 Å². The van der Waals surface area contributed by atoms with Crippen LogP contribution < -0.4 is 0 Å². The Bertz CT molecular complexity index is 548. The molecule has 0 aliphatic heterocycles. The monoisotopic (exact) mass is 249 g/mol. The van der Waals surface area contributed by atoms with Gasteiger partial charge in [-0.15, -0.1) is 0 Å². The van der Waals surface area contributed by atoms with Gasteiger partial charge in [-0.2, -0.15) is 0 Å². The second kappa shape index (κ2) is 4.96. The lowest BCUT2D eigenvalue weighted by Crippen LogP contribution is -2.21. The summed E-state index contributed by atoms with van der Waals surface area (Å²) in [5, 5.41) is 18.7. The van der Waals surface area contributed by atoms with Crippen molar-refractivity contribution in [3.63, 3.8) is 0 Å². The van der Waals surface area contributed by atoms with Crippen molar-refractivity contribution in [1.82, 2.24) is 14.5 Å². The summed E-state index contributed by atoms with van der Waals surface area (Å²) in [5.41, 5.74) is 1.69. The van der Waals surface area contributed by atoms with Gasteiger partial charge in [0.1, 0.15) is 11.6 Å². The minimum atomic E-state index is 0.0689. The van der Waals surface area contributed by atoms with Crippen molar-refractivity contribution in [2.75, 3.05) is 20.7 Å². The van der Waals surface area contributed by atoms with Gasteiger partial charge < -0.3 is 14.8 Å². The molecule has 2 N–H and O–H groups in total. The third kappa shape index (κ3) is 2.19. The number of hydrogen-bond donors (Lipinski definition) is 2. The molecule has 18 heavy (non-hydrogen) atoms. The summed E-state index contributed by atoms with van der Waals surface area (Å²) in [6.45, 7) is 2.64. The van der Waals surface area contributed by atoms with Crippen molar-refractivity contribution in [3.05, 3.63) is 24.0 Å². The highest BCUT2D eigenvalue weighted by Gasteiger charge is 2.18. The molecule has 0 aliphatic rings. The molecule has 1 aromatic carbocycles. The lowest BCUT2D eigenvalue weighted by molar-refractivity contribution is 0.262. The van der Waals surface area contributed by atoms with E-state index in [1.165, 1.54) is 0 Å². The van der Waals surface area contributed by atoms with Gasteiger partial charge >= 0.3 is 0 Å². The highest BCUT2D eigenvalue weighted by Crippen LogP contribution is 2.25. The molecule has 0 fully saturated rings. The summed E-state index contributed by atoms with van der Waals surface area (Å²) >= 11 is 0. The van der Waals surface area contributed by atoms with Crippen LogP contribution in [0.15, 0.2) is 18.2 Å². The topological polar surface area (TPSA) is 61.5 Å². The van der Waals surface area contributed by atoms with Crippen molar-refractivity contribution < 1.29 is 10.2 Å². The summed E-state index contributed by atoms with van der Waals surface area (Å²) in [6.07, 6.45) is 0. The van der Waals surface area contributed by atoms with Crippen molar-refractivity contribution in [1.29, 1.82) is 0 Å². The zero-order valence-electron chi connectivity index (χ0n) is 11.0. The Kier molecular flexibility index (Phi) is 3.54. The Morgan fingerprint density at radius 1 is 1.39 bits per heavy atom. The Morgan fingerprint density at radius 2 is 2.11 bits per heavy atom. The Hall–Kier alpha value is -1.59. The summed E-state index contributed by atoms with van der Waals surface area (Å²) in [5.74, 6) is 1.11. The van der Waals surface area contributed by atoms with Gasteiger partial charge in [-0.3, -0.25) is 4.90 Å². The fraction of sp³-hybridized carbons (Fsp3) is 0.462. The molecule has 1 heterocycles. The fourth-order valence-corrected chi connectivity index (χ4v) is 2.02.